The maximum atomic E-state index is 12.8. The first-order valence-corrected chi connectivity index (χ1v) is 8.14. The topological polar surface area (TPSA) is 92.9 Å². The number of aromatic nitrogens is 1. The molecule has 1 aliphatic rings. The van der Waals surface area contributed by atoms with Gasteiger partial charge in [0.15, 0.2) is 11.5 Å². The van der Waals surface area contributed by atoms with E-state index in [1.165, 1.54) is 11.0 Å². The van der Waals surface area contributed by atoms with Gasteiger partial charge in [-0.1, -0.05) is 28.9 Å². The normalized spacial score (nSPS) is 20.0. The standard InChI is InChI=1S/C17H17ClN2O5/c1-24-11-6-10(7-16(21)22)20(9-11)17(23)14-8-15(25-19-14)12-4-2-3-5-13(12)18/h2-5,8,10-11H,6-7,9H2,1H3,(H,21,22). The monoisotopic (exact) mass is 364 g/mol. The third-order valence-corrected chi connectivity index (χ3v) is 4.58. The molecule has 25 heavy (non-hydrogen) atoms. The Balaban J connectivity index is 1.83. The largest absolute Gasteiger partial charge is 0.481 e. The van der Waals surface area contributed by atoms with Crippen LogP contribution in [0.4, 0.5) is 0 Å². The lowest BCUT2D eigenvalue weighted by Crippen LogP contribution is -2.37. The highest BCUT2D eigenvalue weighted by molar-refractivity contribution is 6.33. The molecule has 2 aromatic rings. The number of carbonyl (C=O) groups excluding carboxylic acids is 1. The van der Waals surface area contributed by atoms with E-state index in [-0.39, 0.29) is 24.1 Å². The van der Waals surface area contributed by atoms with Crippen LogP contribution >= 0.6 is 11.6 Å². The zero-order valence-electron chi connectivity index (χ0n) is 13.5. The van der Waals surface area contributed by atoms with Crippen molar-refractivity contribution in [3.8, 4) is 11.3 Å². The molecule has 7 nitrogen and oxygen atoms in total. The van der Waals surface area contributed by atoms with Crippen molar-refractivity contribution in [1.82, 2.24) is 10.1 Å². The van der Waals surface area contributed by atoms with Crippen molar-refractivity contribution in [1.29, 1.82) is 0 Å². The number of nitrogens with zero attached hydrogens (tertiary/aromatic N) is 2. The number of halogens is 1. The Morgan fingerprint density at radius 3 is 2.88 bits per heavy atom. The summed E-state index contributed by atoms with van der Waals surface area (Å²) in [5.74, 6) is -0.962. The SMILES string of the molecule is COC1CC(CC(=O)O)N(C(=O)c2cc(-c3ccccc3Cl)on2)C1. The summed E-state index contributed by atoms with van der Waals surface area (Å²) in [6, 6.07) is 8.16. The number of rotatable bonds is 5. The van der Waals surface area contributed by atoms with E-state index in [4.69, 9.17) is 26.0 Å². The number of amides is 1. The third-order valence-electron chi connectivity index (χ3n) is 4.25. The third kappa shape index (κ3) is 3.67. The summed E-state index contributed by atoms with van der Waals surface area (Å²) in [6.07, 6.45) is 0.146. The van der Waals surface area contributed by atoms with Crippen molar-refractivity contribution in [3.63, 3.8) is 0 Å². The summed E-state index contributed by atoms with van der Waals surface area (Å²) >= 11 is 6.13. The second-order valence-corrected chi connectivity index (χ2v) is 6.27. The Morgan fingerprint density at radius 1 is 1.44 bits per heavy atom. The highest BCUT2D eigenvalue weighted by Gasteiger charge is 2.38. The van der Waals surface area contributed by atoms with Gasteiger partial charge < -0.3 is 19.3 Å². The number of hydrogen-bond acceptors (Lipinski definition) is 5. The molecule has 1 aromatic heterocycles. The minimum Gasteiger partial charge on any atom is -0.481 e. The lowest BCUT2D eigenvalue weighted by Gasteiger charge is -2.21. The predicted molar refractivity (Wildman–Crippen MR) is 89.4 cm³/mol. The summed E-state index contributed by atoms with van der Waals surface area (Å²) in [5.41, 5.74) is 0.746. The Hall–Kier alpha value is -2.38. The highest BCUT2D eigenvalue weighted by Crippen LogP contribution is 2.29. The van der Waals surface area contributed by atoms with Crippen LogP contribution in [0.5, 0.6) is 0 Å². The van der Waals surface area contributed by atoms with Crippen LogP contribution in [0.3, 0.4) is 0 Å². The number of hydrogen-bond donors (Lipinski definition) is 1. The molecule has 2 unspecified atom stereocenters. The number of benzene rings is 1. The first-order valence-electron chi connectivity index (χ1n) is 7.76. The van der Waals surface area contributed by atoms with Gasteiger partial charge in [-0.15, -0.1) is 0 Å². The number of carbonyl (C=O) groups is 2. The smallest absolute Gasteiger partial charge is 0.305 e. The van der Waals surface area contributed by atoms with Crippen LogP contribution in [0.2, 0.25) is 5.02 Å². The van der Waals surface area contributed by atoms with E-state index >= 15 is 0 Å². The van der Waals surface area contributed by atoms with Gasteiger partial charge in [-0.05, 0) is 18.6 Å². The molecule has 8 heteroatoms. The van der Waals surface area contributed by atoms with Crippen LogP contribution in [-0.2, 0) is 9.53 Å². The molecule has 0 spiro atoms. The van der Waals surface area contributed by atoms with Crippen LogP contribution in [0.1, 0.15) is 23.3 Å². The number of carboxylic acids is 1. The molecular weight excluding hydrogens is 348 g/mol. The van der Waals surface area contributed by atoms with Crippen molar-refractivity contribution >= 4 is 23.5 Å². The van der Waals surface area contributed by atoms with Gasteiger partial charge in [-0.25, -0.2) is 0 Å². The van der Waals surface area contributed by atoms with E-state index in [9.17, 15) is 9.59 Å². The number of methoxy groups -OCH3 is 1. The number of carboxylic acid groups (broad SMARTS) is 1. The molecule has 0 saturated carbocycles. The van der Waals surface area contributed by atoms with Gasteiger partial charge in [0, 0.05) is 31.3 Å². The van der Waals surface area contributed by atoms with Gasteiger partial charge in [0.1, 0.15) is 0 Å². The van der Waals surface area contributed by atoms with Crippen LogP contribution in [0, 0.1) is 0 Å². The first-order chi connectivity index (χ1) is 12.0. The predicted octanol–water partition coefficient (Wildman–Crippen LogP) is 2.70. The Labute approximate surface area is 149 Å². The summed E-state index contributed by atoms with van der Waals surface area (Å²) in [6.45, 7) is 0.321. The molecule has 2 heterocycles. The number of likely N-dealkylation sites (tertiary alicyclic amines) is 1. The molecule has 3 rings (SSSR count). The molecule has 0 aliphatic carbocycles. The maximum Gasteiger partial charge on any atom is 0.305 e. The van der Waals surface area contributed by atoms with Crippen LogP contribution in [-0.4, -0.2) is 52.8 Å². The van der Waals surface area contributed by atoms with Crippen LogP contribution < -0.4 is 0 Å². The highest BCUT2D eigenvalue weighted by atomic mass is 35.5. The summed E-state index contributed by atoms with van der Waals surface area (Å²) in [4.78, 5) is 25.3. The summed E-state index contributed by atoms with van der Waals surface area (Å²) in [5, 5.41) is 13.4. The fourth-order valence-electron chi connectivity index (χ4n) is 3.00. The van der Waals surface area contributed by atoms with E-state index in [0.717, 1.165) is 0 Å². The maximum absolute atomic E-state index is 12.8. The molecule has 1 aromatic carbocycles. The fourth-order valence-corrected chi connectivity index (χ4v) is 3.23. The molecule has 2 atom stereocenters. The lowest BCUT2D eigenvalue weighted by molar-refractivity contribution is -0.138. The van der Waals surface area contributed by atoms with Gasteiger partial charge >= 0.3 is 5.97 Å². The Bertz CT molecular complexity index is 791. The van der Waals surface area contributed by atoms with E-state index < -0.39 is 12.0 Å². The van der Waals surface area contributed by atoms with Crippen LogP contribution in [0.25, 0.3) is 11.3 Å². The average molecular weight is 365 g/mol. The number of ether oxygens (including phenoxy) is 1. The van der Waals surface area contributed by atoms with Crippen molar-refractivity contribution in [3.05, 3.63) is 41.0 Å². The van der Waals surface area contributed by atoms with Crippen LogP contribution in [0.15, 0.2) is 34.9 Å². The zero-order valence-corrected chi connectivity index (χ0v) is 14.3. The molecule has 0 bridgehead atoms. The Kier molecular flexibility index (Phi) is 5.06. The average Bonchev–Trinajstić information content (AvgIpc) is 3.21. The molecule has 1 fully saturated rings. The van der Waals surface area contributed by atoms with Gasteiger partial charge in [-0.2, -0.15) is 0 Å². The van der Waals surface area contributed by atoms with Gasteiger partial charge in [0.2, 0.25) is 0 Å². The second-order valence-electron chi connectivity index (χ2n) is 5.86. The van der Waals surface area contributed by atoms with E-state index in [1.807, 2.05) is 0 Å². The van der Waals surface area contributed by atoms with Gasteiger partial charge in [-0.3, -0.25) is 9.59 Å². The molecule has 0 radical (unpaired) electrons. The molecular formula is C17H17ClN2O5. The van der Waals surface area contributed by atoms with E-state index in [1.54, 1.807) is 31.4 Å². The van der Waals surface area contributed by atoms with Crippen molar-refractivity contribution in [2.24, 2.45) is 0 Å². The quantitative estimate of drug-likeness (QED) is 0.876. The molecule has 1 aliphatic heterocycles. The van der Waals surface area contributed by atoms with Crippen molar-refractivity contribution in [2.75, 3.05) is 13.7 Å². The fraction of sp³-hybridized carbons (Fsp3) is 0.353. The Morgan fingerprint density at radius 2 is 2.20 bits per heavy atom. The summed E-state index contributed by atoms with van der Waals surface area (Å²) in [7, 11) is 1.54. The minimum absolute atomic E-state index is 0.113. The van der Waals surface area contributed by atoms with Gasteiger partial charge in [0.05, 0.1) is 17.5 Å². The molecule has 132 valence electrons. The van der Waals surface area contributed by atoms with Crippen molar-refractivity contribution < 1.29 is 24.0 Å². The minimum atomic E-state index is -0.962. The lowest BCUT2D eigenvalue weighted by atomic mass is 10.1. The zero-order chi connectivity index (χ0) is 18.0. The number of aliphatic carboxylic acids is 1. The van der Waals surface area contributed by atoms with E-state index in [2.05, 4.69) is 5.16 Å². The second kappa shape index (κ2) is 7.25. The van der Waals surface area contributed by atoms with E-state index in [0.29, 0.717) is 29.3 Å². The molecule has 1 saturated heterocycles. The summed E-state index contributed by atoms with van der Waals surface area (Å²) < 4.78 is 10.5. The van der Waals surface area contributed by atoms with Crippen molar-refractivity contribution in [2.45, 2.75) is 25.0 Å². The van der Waals surface area contributed by atoms with Gasteiger partial charge in [0.25, 0.3) is 5.91 Å². The molecule has 1 amide bonds. The molecule has 1 N–H and O–H groups in total. The first kappa shape index (κ1) is 17.4.